The molecule has 0 unspecified atom stereocenters. The van der Waals surface area contributed by atoms with Crippen LogP contribution in [0.4, 0.5) is 11.5 Å². The van der Waals surface area contributed by atoms with Gasteiger partial charge in [0, 0.05) is 19.2 Å². The lowest BCUT2D eigenvalue weighted by atomic mass is 10.3. The molecule has 1 saturated heterocycles. The van der Waals surface area contributed by atoms with Crippen molar-refractivity contribution < 1.29 is 14.3 Å². The Bertz CT molecular complexity index is 723. The molecule has 1 fully saturated rings. The molecule has 2 heterocycles. The van der Waals surface area contributed by atoms with Crippen LogP contribution >= 0.6 is 11.8 Å². The highest BCUT2D eigenvalue weighted by atomic mass is 32.2. The Hall–Kier alpha value is -2.32. The molecule has 1 N–H and O–H groups in total. The first-order valence-corrected chi connectivity index (χ1v) is 8.95. The van der Waals surface area contributed by atoms with Gasteiger partial charge in [0.05, 0.1) is 31.8 Å². The number of ether oxygens (including phenoxy) is 2. The van der Waals surface area contributed by atoms with Crippen LogP contribution in [0.15, 0.2) is 41.7 Å². The molecule has 1 aromatic carbocycles. The van der Waals surface area contributed by atoms with Gasteiger partial charge in [-0.15, -0.1) is 0 Å². The number of hydrogen-bond donors (Lipinski definition) is 1. The summed E-state index contributed by atoms with van der Waals surface area (Å²) >= 11 is 1.38. The Morgan fingerprint density at radius 1 is 1.32 bits per heavy atom. The van der Waals surface area contributed by atoms with E-state index in [-0.39, 0.29) is 11.7 Å². The second-order valence-corrected chi connectivity index (χ2v) is 6.35. The average Bonchev–Trinajstić information content (AvgIpc) is 2.68. The van der Waals surface area contributed by atoms with Gasteiger partial charge in [0.2, 0.25) is 5.91 Å². The van der Waals surface area contributed by atoms with Crippen LogP contribution in [-0.4, -0.2) is 55.0 Å². The van der Waals surface area contributed by atoms with Gasteiger partial charge in [-0.1, -0.05) is 23.9 Å². The SMILES string of the molecule is COc1ccccc1NC(=O)CSc1cc(N2CCOCC2)ncn1. The second kappa shape index (κ2) is 8.68. The molecule has 2 aromatic rings. The van der Waals surface area contributed by atoms with Crippen LogP contribution in [-0.2, 0) is 9.53 Å². The molecule has 0 aliphatic carbocycles. The molecule has 1 aliphatic rings. The molecule has 1 aliphatic heterocycles. The fourth-order valence-corrected chi connectivity index (χ4v) is 3.11. The highest BCUT2D eigenvalue weighted by Crippen LogP contribution is 2.24. The van der Waals surface area contributed by atoms with E-state index >= 15 is 0 Å². The Labute approximate surface area is 150 Å². The summed E-state index contributed by atoms with van der Waals surface area (Å²) in [5, 5.41) is 3.62. The van der Waals surface area contributed by atoms with Crippen molar-refractivity contribution in [2.75, 3.05) is 49.4 Å². The van der Waals surface area contributed by atoms with Crippen LogP contribution in [0.25, 0.3) is 0 Å². The summed E-state index contributed by atoms with van der Waals surface area (Å²) in [5.41, 5.74) is 0.660. The smallest absolute Gasteiger partial charge is 0.234 e. The molecule has 7 nitrogen and oxygen atoms in total. The molecule has 25 heavy (non-hydrogen) atoms. The highest BCUT2D eigenvalue weighted by molar-refractivity contribution is 7.99. The molecule has 0 radical (unpaired) electrons. The number of carbonyl (C=O) groups is 1. The number of aromatic nitrogens is 2. The maximum Gasteiger partial charge on any atom is 0.234 e. The summed E-state index contributed by atoms with van der Waals surface area (Å²) in [4.78, 5) is 22.9. The van der Waals surface area contributed by atoms with Crippen LogP contribution in [0.5, 0.6) is 5.75 Å². The predicted molar refractivity (Wildman–Crippen MR) is 97.4 cm³/mol. The van der Waals surface area contributed by atoms with E-state index in [2.05, 4.69) is 20.2 Å². The molecule has 1 aromatic heterocycles. The average molecular weight is 360 g/mol. The number of hydrogen-bond acceptors (Lipinski definition) is 7. The van der Waals surface area contributed by atoms with Crippen molar-refractivity contribution in [1.82, 2.24) is 9.97 Å². The first-order chi connectivity index (χ1) is 12.3. The van der Waals surface area contributed by atoms with E-state index in [0.717, 1.165) is 23.9 Å². The van der Waals surface area contributed by atoms with Gasteiger partial charge in [0.15, 0.2) is 0 Å². The van der Waals surface area contributed by atoms with E-state index in [1.165, 1.54) is 18.1 Å². The molecule has 0 spiro atoms. The van der Waals surface area contributed by atoms with E-state index in [0.29, 0.717) is 24.7 Å². The Kier molecular flexibility index (Phi) is 6.08. The van der Waals surface area contributed by atoms with Gasteiger partial charge in [-0.05, 0) is 12.1 Å². The number of rotatable bonds is 6. The zero-order valence-corrected chi connectivity index (χ0v) is 14.8. The van der Waals surface area contributed by atoms with Crippen molar-refractivity contribution in [3.05, 3.63) is 36.7 Å². The van der Waals surface area contributed by atoms with E-state index in [1.54, 1.807) is 7.11 Å². The summed E-state index contributed by atoms with van der Waals surface area (Å²) in [7, 11) is 1.58. The number of carbonyl (C=O) groups excluding carboxylic acids is 1. The Balaban J connectivity index is 1.57. The minimum Gasteiger partial charge on any atom is -0.495 e. The summed E-state index contributed by atoms with van der Waals surface area (Å²) < 4.78 is 10.6. The summed E-state index contributed by atoms with van der Waals surface area (Å²) in [6.07, 6.45) is 1.53. The third kappa shape index (κ3) is 4.83. The zero-order valence-electron chi connectivity index (χ0n) is 14.0. The molecule has 0 atom stereocenters. The van der Waals surface area contributed by atoms with Crippen LogP contribution in [0.2, 0.25) is 0 Å². The fraction of sp³-hybridized carbons (Fsp3) is 0.353. The van der Waals surface area contributed by atoms with Crippen molar-refractivity contribution in [2.24, 2.45) is 0 Å². The van der Waals surface area contributed by atoms with Crippen molar-refractivity contribution >= 4 is 29.2 Å². The van der Waals surface area contributed by atoms with Gasteiger partial charge in [0.1, 0.15) is 22.9 Å². The number of benzene rings is 1. The third-order valence-corrected chi connectivity index (χ3v) is 4.62. The fourth-order valence-electron chi connectivity index (χ4n) is 2.45. The number of anilines is 2. The molecule has 0 saturated carbocycles. The lowest BCUT2D eigenvalue weighted by Crippen LogP contribution is -2.36. The van der Waals surface area contributed by atoms with Crippen LogP contribution in [0.1, 0.15) is 0 Å². The Morgan fingerprint density at radius 3 is 2.92 bits per heavy atom. The lowest BCUT2D eigenvalue weighted by Gasteiger charge is -2.27. The lowest BCUT2D eigenvalue weighted by molar-refractivity contribution is -0.113. The van der Waals surface area contributed by atoms with Crippen molar-refractivity contribution in [1.29, 1.82) is 0 Å². The Morgan fingerprint density at radius 2 is 2.12 bits per heavy atom. The minimum absolute atomic E-state index is 0.110. The molecular formula is C17H20N4O3S. The normalized spacial score (nSPS) is 14.2. The molecule has 1 amide bonds. The summed E-state index contributed by atoms with van der Waals surface area (Å²) in [6, 6.07) is 9.23. The monoisotopic (exact) mass is 360 g/mol. The number of morpholine rings is 1. The number of amides is 1. The topological polar surface area (TPSA) is 76.6 Å². The van der Waals surface area contributed by atoms with E-state index < -0.39 is 0 Å². The van der Waals surface area contributed by atoms with Crippen LogP contribution in [0.3, 0.4) is 0 Å². The quantitative estimate of drug-likeness (QED) is 0.624. The number of methoxy groups -OCH3 is 1. The number of thioether (sulfide) groups is 1. The largest absolute Gasteiger partial charge is 0.495 e. The van der Waals surface area contributed by atoms with Crippen molar-refractivity contribution in [3.63, 3.8) is 0 Å². The highest BCUT2D eigenvalue weighted by Gasteiger charge is 2.14. The maximum atomic E-state index is 12.2. The molecule has 132 valence electrons. The molecular weight excluding hydrogens is 340 g/mol. The standard InChI is InChI=1S/C17H20N4O3S/c1-23-14-5-3-2-4-13(14)20-16(22)11-25-17-10-15(18-12-19-17)21-6-8-24-9-7-21/h2-5,10,12H,6-9,11H2,1H3,(H,20,22). The van der Waals surface area contributed by atoms with Gasteiger partial charge in [-0.2, -0.15) is 0 Å². The van der Waals surface area contributed by atoms with E-state index in [4.69, 9.17) is 9.47 Å². The van der Waals surface area contributed by atoms with Gasteiger partial charge >= 0.3 is 0 Å². The zero-order chi connectivity index (χ0) is 17.5. The first kappa shape index (κ1) is 17.5. The van der Waals surface area contributed by atoms with Crippen molar-refractivity contribution in [2.45, 2.75) is 5.03 Å². The predicted octanol–water partition coefficient (Wildman–Crippen LogP) is 2.05. The van der Waals surface area contributed by atoms with Crippen LogP contribution in [0, 0.1) is 0 Å². The minimum atomic E-state index is -0.110. The number of nitrogens with zero attached hydrogens (tertiary/aromatic N) is 3. The van der Waals surface area contributed by atoms with Gasteiger partial charge in [-0.3, -0.25) is 4.79 Å². The summed E-state index contributed by atoms with van der Waals surface area (Å²) in [6.45, 7) is 3.03. The molecule has 3 rings (SSSR count). The summed E-state index contributed by atoms with van der Waals surface area (Å²) in [5.74, 6) is 1.65. The van der Waals surface area contributed by atoms with E-state index in [1.807, 2.05) is 30.3 Å². The first-order valence-electron chi connectivity index (χ1n) is 7.96. The molecule has 8 heteroatoms. The maximum absolute atomic E-state index is 12.2. The third-order valence-electron chi connectivity index (χ3n) is 3.69. The van der Waals surface area contributed by atoms with Crippen LogP contribution < -0.4 is 15.0 Å². The number of nitrogens with one attached hydrogen (secondary N) is 1. The number of para-hydroxylation sites is 2. The van der Waals surface area contributed by atoms with E-state index in [9.17, 15) is 4.79 Å². The van der Waals surface area contributed by atoms with Gasteiger partial charge in [0.25, 0.3) is 0 Å². The van der Waals surface area contributed by atoms with Gasteiger partial charge < -0.3 is 19.7 Å². The van der Waals surface area contributed by atoms with Crippen molar-refractivity contribution in [3.8, 4) is 5.75 Å². The molecule has 0 bridgehead atoms. The second-order valence-electron chi connectivity index (χ2n) is 5.35. The van der Waals surface area contributed by atoms with Gasteiger partial charge in [-0.25, -0.2) is 9.97 Å².